The highest BCUT2D eigenvalue weighted by Gasteiger charge is 2.30. The van der Waals surface area contributed by atoms with Crippen molar-refractivity contribution in [2.75, 3.05) is 6.54 Å². The lowest BCUT2D eigenvalue weighted by Crippen LogP contribution is -2.43. The molecule has 2 aliphatic rings. The summed E-state index contributed by atoms with van der Waals surface area (Å²) in [6.45, 7) is 1.08. The zero-order valence-corrected chi connectivity index (χ0v) is 12.6. The molecule has 3 rings (SSSR count). The van der Waals surface area contributed by atoms with Crippen LogP contribution in [-0.2, 0) is 0 Å². The first kappa shape index (κ1) is 14.4. The minimum Gasteiger partial charge on any atom is -0.393 e. The molecule has 110 valence electrons. The molecule has 0 saturated heterocycles. The normalized spacial score (nSPS) is 33.7. The van der Waals surface area contributed by atoms with E-state index in [1.807, 2.05) is 12.1 Å². The monoisotopic (exact) mass is 293 g/mol. The van der Waals surface area contributed by atoms with Crippen molar-refractivity contribution in [3.63, 3.8) is 0 Å². The molecule has 2 saturated carbocycles. The van der Waals surface area contributed by atoms with Gasteiger partial charge < -0.3 is 10.4 Å². The Balaban J connectivity index is 1.39. The lowest BCUT2D eigenvalue weighted by atomic mass is 9.75. The fourth-order valence-electron chi connectivity index (χ4n) is 3.57. The molecule has 0 radical (unpaired) electrons. The largest absolute Gasteiger partial charge is 0.393 e. The Morgan fingerprint density at radius 2 is 1.85 bits per heavy atom. The number of halogens is 1. The third-order valence-corrected chi connectivity index (χ3v) is 5.18. The van der Waals surface area contributed by atoms with E-state index < -0.39 is 0 Å². The summed E-state index contributed by atoms with van der Waals surface area (Å²) in [7, 11) is 0. The maximum absolute atomic E-state index is 9.69. The molecule has 0 heterocycles. The van der Waals surface area contributed by atoms with Crippen molar-refractivity contribution in [3.8, 4) is 0 Å². The SMILES string of the molecule is OC1CCCC(CNC2CC(c3ccc(Cl)cc3)C2)C1. The highest BCUT2D eigenvalue weighted by molar-refractivity contribution is 6.30. The van der Waals surface area contributed by atoms with E-state index in [-0.39, 0.29) is 6.10 Å². The van der Waals surface area contributed by atoms with Gasteiger partial charge in [0, 0.05) is 11.1 Å². The maximum Gasteiger partial charge on any atom is 0.0543 e. The average Bonchev–Trinajstić information content (AvgIpc) is 2.39. The van der Waals surface area contributed by atoms with Gasteiger partial charge in [-0.25, -0.2) is 0 Å². The van der Waals surface area contributed by atoms with Gasteiger partial charge in [0.15, 0.2) is 0 Å². The quantitative estimate of drug-likeness (QED) is 0.886. The van der Waals surface area contributed by atoms with Crippen LogP contribution in [0.5, 0.6) is 0 Å². The molecule has 2 nitrogen and oxygen atoms in total. The minimum absolute atomic E-state index is 0.0567. The van der Waals surface area contributed by atoms with Crippen molar-refractivity contribution < 1.29 is 5.11 Å². The van der Waals surface area contributed by atoms with Gasteiger partial charge in [-0.3, -0.25) is 0 Å². The van der Waals surface area contributed by atoms with Crippen LogP contribution in [0.1, 0.15) is 50.0 Å². The number of nitrogens with one attached hydrogen (secondary N) is 1. The second-order valence-electron chi connectivity index (χ2n) is 6.51. The van der Waals surface area contributed by atoms with E-state index in [2.05, 4.69) is 17.4 Å². The molecule has 1 aromatic carbocycles. The summed E-state index contributed by atoms with van der Waals surface area (Å²) in [5, 5.41) is 14.2. The Hall–Kier alpha value is -0.570. The number of hydrogen-bond acceptors (Lipinski definition) is 2. The number of benzene rings is 1. The molecule has 0 aliphatic heterocycles. The van der Waals surface area contributed by atoms with E-state index in [9.17, 15) is 5.11 Å². The van der Waals surface area contributed by atoms with Crippen LogP contribution in [0.3, 0.4) is 0 Å². The van der Waals surface area contributed by atoms with Gasteiger partial charge in [-0.2, -0.15) is 0 Å². The molecule has 3 heteroatoms. The molecule has 1 aromatic rings. The molecule has 0 aromatic heterocycles. The van der Waals surface area contributed by atoms with Gasteiger partial charge >= 0.3 is 0 Å². The number of aliphatic hydroxyl groups excluding tert-OH is 1. The second kappa shape index (κ2) is 6.46. The summed E-state index contributed by atoms with van der Waals surface area (Å²) in [6.07, 6.45) is 6.86. The van der Waals surface area contributed by atoms with Crippen LogP contribution < -0.4 is 5.32 Å². The third-order valence-electron chi connectivity index (χ3n) is 4.93. The predicted molar refractivity (Wildman–Crippen MR) is 83.2 cm³/mol. The van der Waals surface area contributed by atoms with Gasteiger partial charge in [0.1, 0.15) is 0 Å². The van der Waals surface area contributed by atoms with Crippen LogP contribution in [0.4, 0.5) is 0 Å². The third kappa shape index (κ3) is 3.55. The molecule has 0 spiro atoms. The second-order valence-corrected chi connectivity index (χ2v) is 6.95. The first-order valence-corrected chi connectivity index (χ1v) is 8.25. The molecule has 2 atom stereocenters. The molecular weight excluding hydrogens is 270 g/mol. The number of aliphatic hydroxyl groups is 1. The first-order valence-electron chi connectivity index (χ1n) is 7.87. The van der Waals surface area contributed by atoms with Crippen LogP contribution in [0, 0.1) is 5.92 Å². The van der Waals surface area contributed by atoms with Gasteiger partial charge in [0.2, 0.25) is 0 Å². The Labute approximate surface area is 126 Å². The van der Waals surface area contributed by atoms with Crippen LogP contribution in [-0.4, -0.2) is 23.8 Å². The van der Waals surface area contributed by atoms with E-state index in [4.69, 9.17) is 11.6 Å². The number of hydrogen-bond donors (Lipinski definition) is 2. The summed E-state index contributed by atoms with van der Waals surface area (Å²) < 4.78 is 0. The van der Waals surface area contributed by atoms with E-state index in [0.29, 0.717) is 17.9 Å². The van der Waals surface area contributed by atoms with Gasteiger partial charge in [0.25, 0.3) is 0 Å². The fourth-order valence-corrected chi connectivity index (χ4v) is 3.70. The molecule has 2 fully saturated rings. The highest BCUT2D eigenvalue weighted by Crippen LogP contribution is 2.37. The molecule has 2 aliphatic carbocycles. The molecule has 20 heavy (non-hydrogen) atoms. The van der Waals surface area contributed by atoms with Crippen molar-refractivity contribution in [1.29, 1.82) is 0 Å². The van der Waals surface area contributed by atoms with Crippen LogP contribution in [0.15, 0.2) is 24.3 Å². The summed E-state index contributed by atoms with van der Waals surface area (Å²) in [4.78, 5) is 0. The highest BCUT2D eigenvalue weighted by atomic mass is 35.5. The lowest BCUT2D eigenvalue weighted by molar-refractivity contribution is 0.0976. The Kier molecular flexibility index (Phi) is 4.65. The van der Waals surface area contributed by atoms with Crippen LogP contribution >= 0.6 is 11.6 Å². The van der Waals surface area contributed by atoms with Gasteiger partial charge in [-0.05, 0) is 68.2 Å². The first-order chi connectivity index (χ1) is 9.70. The van der Waals surface area contributed by atoms with Crippen molar-refractivity contribution in [2.24, 2.45) is 5.92 Å². The lowest BCUT2D eigenvalue weighted by Gasteiger charge is -2.38. The molecular formula is C17H24ClNO. The van der Waals surface area contributed by atoms with E-state index >= 15 is 0 Å². The van der Waals surface area contributed by atoms with Crippen molar-refractivity contribution in [2.45, 2.75) is 56.6 Å². The summed E-state index contributed by atoms with van der Waals surface area (Å²) in [5.41, 5.74) is 1.42. The standard InChI is InChI=1S/C17H24ClNO/c18-15-6-4-13(5-7-15)14-9-16(10-14)19-11-12-2-1-3-17(20)8-12/h4-7,12,14,16-17,19-20H,1-3,8-11H2. The Bertz CT molecular complexity index is 427. The Morgan fingerprint density at radius 1 is 1.10 bits per heavy atom. The van der Waals surface area contributed by atoms with E-state index in [1.54, 1.807) is 0 Å². The average molecular weight is 294 g/mol. The summed E-state index contributed by atoms with van der Waals surface area (Å²) in [5.74, 6) is 1.37. The summed E-state index contributed by atoms with van der Waals surface area (Å²) >= 11 is 5.92. The Morgan fingerprint density at radius 3 is 2.55 bits per heavy atom. The van der Waals surface area contributed by atoms with E-state index in [0.717, 1.165) is 24.4 Å². The fraction of sp³-hybridized carbons (Fsp3) is 0.647. The van der Waals surface area contributed by atoms with Gasteiger partial charge in [-0.1, -0.05) is 30.2 Å². The van der Waals surface area contributed by atoms with Gasteiger partial charge in [0.05, 0.1) is 6.10 Å². The van der Waals surface area contributed by atoms with Crippen LogP contribution in [0.25, 0.3) is 0 Å². The summed E-state index contributed by atoms with van der Waals surface area (Å²) in [6, 6.07) is 8.94. The van der Waals surface area contributed by atoms with Crippen molar-refractivity contribution in [3.05, 3.63) is 34.9 Å². The topological polar surface area (TPSA) is 32.3 Å². The van der Waals surface area contributed by atoms with Crippen LogP contribution in [0.2, 0.25) is 5.02 Å². The zero-order valence-electron chi connectivity index (χ0n) is 11.9. The van der Waals surface area contributed by atoms with Crippen molar-refractivity contribution in [1.82, 2.24) is 5.32 Å². The predicted octanol–water partition coefficient (Wildman–Crippen LogP) is 3.73. The molecule has 0 amide bonds. The van der Waals surface area contributed by atoms with E-state index in [1.165, 1.54) is 31.2 Å². The smallest absolute Gasteiger partial charge is 0.0543 e. The molecule has 2 unspecified atom stereocenters. The zero-order chi connectivity index (χ0) is 13.9. The molecule has 2 N–H and O–H groups in total. The number of rotatable bonds is 4. The maximum atomic E-state index is 9.69. The van der Waals surface area contributed by atoms with Crippen molar-refractivity contribution >= 4 is 11.6 Å². The molecule has 0 bridgehead atoms. The minimum atomic E-state index is -0.0567. The van der Waals surface area contributed by atoms with Gasteiger partial charge in [-0.15, -0.1) is 0 Å².